The van der Waals surface area contributed by atoms with Gasteiger partial charge in [-0.15, -0.1) is 11.8 Å². The summed E-state index contributed by atoms with van der Waals surface area (Å²) in [4.78, 5) is 11.1. The Labute approximate surface area is 105 Å². The van der Waals surface area contributed by atoms with Crippen molar-refractivity contribution in [1.29, 1.82) is 0 Å². The van der Waals surface area contributed by atoms with Gasteiger partial charge in [-0.05, 0) is 18.8 Å². The Morgan fingerprint density at radius 1 is 1.53 bits per heavy atom. The Kier molecular flexibility index (Phi) is 3.67. The summed E-state index contributed by atoms with van der Waals surface area (Å²) in [6, 6.07) is -0.936. The maximum atomic E-state index is 12.0. The molecule has 17 heavy (non-hydrogen) atoms. The fraction of sp³-hybridized carbons (Fsp3) is 0.889. The molecule has 0 spiro atoms. The van der Waals surface area contributed by atoms with Crippen LogP contribution in [0.2, 0.25) is 0 Å². The molecule has 0 radical (unpaired) electrons. The van der Waals surface area contributed by atoms with Crippen LogP contribution in [0.1, 0.15) is 19.8 Å². The predicted octanol–water partition coefficient (Wildman–Crippen LogP) is 0.0788. The molecule has 1 aliphatic heterocycles. The first kappa shape index (κ1) is 13.1. The maximum absolute atomic E-state index is 12.0. The average molecular weight is 280 g/mol. The first-order valence-corrected chi connectivity index (χ1v) is 8.08. The van der Waals surface area contributed by atoms with Gasteiger partial charge >= 0.3 is 5.97 Å². The number of carbonyl (C=O) groups is 1. The molecule has 98 valence electrons. The predicted molar refractivity (Wildman–Crippen MR) is 64.8 cm³/mol. The van der Waals surface area contributed by atoms with Crippen LogP contribution >= 0.6 is 11.8 Å². The Bertz CT molecular complexity index is 407. The van der Waals surface area contributed by atoms with Crippen LogP contribution in [-0.2, 0) is 15.0 Å². The zero-order valence-corrected chi connectivity index (χ0v) is 11.1. The minimum atomic E-state index is -3.68. The highest BCUT2D eigenvalue weighted by molar-refractivity contribution is 8.01. The zero-order chi connectivity index (χ0) is 12.6. The highest BCUT2D eigenvalue weighted by Crippen LogP contribution is 2.46. The lowest BCUT2D eigenvalue weighted by atomic mass is 10.3. The number of nitrogens with one attached hydrogen (secondary N) is 1. The van der Waals surface area contributed by atoms with Crippen LogP contribution in [0, 0.1) is 5.92 Å². The van der Waals surface area contributed by atoms with E-state index in [-0.39, 0.29) is 11.9 Å². The van der Waals surface area contributed by atoms with Crippen molar-refractivity contribution in [3.63, 3.8) is 0 Å². The van der Waals surface area contributed by atoms with Gasteiger partial charge < -0.3 is 5.11 Å². The molecule has 1 saturated heterocycles. The van der Waals surface area contributed by atoms with E-state index in [0.717, 1.165) is 17.1 Å². The topological polar surface area (TPSA) is 86.7 Å². The number of nitrogens with zero attached hydrogens (tertiary/aromatic N) is 1. The summed E-state index contributed by atoms with van der Waals surface area (Å²) in [5, 5.41) is 8.88. The summed E-state index contributed by atoms with van der Waals surface area (Å²) in [7, 11) is -3.68. The van der Waals surface area contributed by atoms with E-state index in [1.165, 1.54) is 11.8 Å². The van der Waals surface area contributed by atoms with Gasteiger partial charge in [0.2, 0.25) is 0 Å². The standard InChI is InChI=1S/C9H16N2O4S2/c1-2-10-17(14,15)11-7(9(12)13)5-16-8(11)6-3-4-6/h6-8,10H,2-5H2,1H3,(H,12,13). The molecule has 0 aromatic heterocycles. The quantitative estimate of drug-likeness (QED) is 0.744. The second-order valence-electron chi connectivity index (χ2n) is 4.25. The molecule has 1 saturated carbocycles. The first-order chi connectivity index (χ1) is 7.97. The van der Waals surface area contributed by atoms with Crippen LogP contribution in [0.25, 0.3) is 0 Å². The highest BCUT2D eigenvalue weighted by Gasteiger charge is 2.50. The van der Waals surface area contributed by atoms with E-state index in [0.29, 0.717) is 11.7 Å². The van der Waals surface area contributed by atoms with Crippen LogP contribution in [0.15, 0.2) is 0 Å². The molecule has 6 nitrogen and oxygen atoms in total. The summed E-state index contributed by atoms with van der Waals surface area (Å²) >= 11 is 1.44. The number of carboxylic acid groups (broad SMARTS) is 1. The molecule has 2 fully saturated rings. The third-order valence-corrected chi connectivity index (χ3v) is 6.18. The van der Waals surface area contributed by atoms with Crippen LogP contribution < -0.4 is 4.72 Å². The van der Waals surface area contributed by atoms with Crippen molar-refractivity contribution in [2.75, 3.05) is 12.3 Å². The summed E-state index contributed by atoms with van der Waals surface area (Å²) in [5.74, 6) is -0.416. The third-order valence-electron chi connectivity index (χ3n) is 2.90. The number of hydrogen-bond donors (Lipinski definition) is 2. The van der Waals surface area contributed by atoms with E-state index < -0.39 is 22.2 Å². The molecule has 2 rings (SSSR count). The normalized spacial score (nSPS) is 30.6. The number of thioether (sulfide) groups is 1. The first-order valence-electron chi connectivity index (χ1n) is 5.60. The van der Waals surface area contributed by atoms with Gasteiger partial charge in [0.05, 0.1) is 5.37 Å². The Hall–Kier alpha value is -0.310. The average Bonchev–Trinajstić information content (AvgIpc) is 2.96. The zero-order valence-electron chi connectivity index (χ0n) is 9.50. The molecular weight excluding hydrogens is 264 g/mol. The monoisotopic (exact) mass is 280 g/mol. The molecule has 2 unspecified atom stereocenters. The maximum Gasteiger partial charge on any atom is 0.322 e. The van der Waals surface area contributed by atoms with Crippen molar-refractivity contribution in [2.45, 2.75) is 31.2 Å². The molecule has 0 aromatic carbocycles. The Balaban J connectivity index is 2.25. The van der Waals surface area contributed by atoms with Crippen molar-refractivity contribution in [3.8, 4) is 0 Å². The van der Waals surface area contributed by atoms with Crippen LogP contribution in [0.5, 0.6) is 0 Å². The van der Waals surface area contributed by atoms with E-state index in [2.05, 4.69) is 4.72 Å². The van der Waals surface area contributed by atoms with Gasteiger partial charge in [0.15, 0.2) is 0 Å². The summed E-state index contributed by atoms with van der Waals surface area (Å²) in [5.41, 5.74) is 0. The second kappa shape index (κ2) is 4.75. The molecule has 8 heteroatoms. The van der Waals surface area contributed by atoms with Crippen LogP contribution in [0.4, 0.5) is 0 Å². The number of aliphatic carboxylic acids is 1. The minimum Gasteiger partial charge on any atom is -0.480 e. The van der Waals surface area contributed by atoms with Gasteiger partial charge in [0.25, 0.3) is 10.2 Å². The lowest BCUT2D eigenvalue weighted by Crippen LogP contribution is -2.50. The SMILES string of the molecule is CCNS(=O)(=O)N1C(C(=O)O)CSC1C1CC1. The number of hydrogen-bond acceptors (Lipinski definition) is 4. The van der Waals surface area contributed by atoms with Crippen molar-refractivity contribution in [3.05, 3.63) is 0 Å². The second-order valence-corrected chi connectivity index (χ2v) is 7.06. The van der Waals surface area contributed by atoms with E-state index in [1.54, 1.807) is 6.92 Å². The molecule has 2 atom stereocenters. The van der Waals surface area contributed by atoms with Gasteiger partial charge in [-0.1, -0.05) is 6.92 Å². The summed E-state index contributed by atoms with van der Waals surface area (Å²) in [6.07, 6.45) is 1.98. The van der Waals surface area contributed by atoms with Gasteiger partial charge in [-0.2, -0.15) is 12.7 Å². The fourth-order valence-electron chi connectivity index (χ4n) is 1.98. The van der Waals surface area contributed by atoms with Crippen LogP contribution in [0.3, 0.4) is 0 Å². The fourth-order valence-corrected chi connectivity index (χ4v) is 5.58. The Morgan fingerprint density at radius 3 is 2.65 bits per heavy atom. The van der Waals surface area contributed by atoms with Crippen molar-refractivity contribution >= 4 is 27.9 Å². The lowest BCUT2D eigenvalue weighted by molar-refractivity contribution is -0.140. The molecule has 0 amide bonds. The molecule has 1 aliphatic carbocycles. The van der Waals surface area contributed by atoms with Crippen molar-refractivity contribution in [2.24, 2.45) is 5.92 Å². The largest absolute Gasteiger partial charge is 0.480 e. The molecule has 0 aromatic rings. The third kappa shape index (κ3) is 2.59. The highest BCUT2D eigenvalue weighted by atomic mass is 32.2. The van der Waals surface area contributed by atoms with E-state index in [1.807, 2.05) is 0 Å². The molecular formula is C9H16N2O4S2. The van der Waals surface area contributed by atoms with Gasteiger partial charge in [0, 0.05) is 12.3 Å². The van der Waals surface area contributed by atoms with Gasteiger partial charge in [-0.3, -0.25) is 4.79 Å². The molecule has 2 N–H and O–H groups in total. The molecule has 0 bridgehead atoms. The van der Waals surface area contributed by atoms with Crippen molar-refractivity contribution < 1.29 is 18.3 Å². The van der Waals surface area contributed by atoms with Gasteiger partial charge in [0.1, 0.15) is 6.04 Å². The van der Waals surface area contributed by atoms with Gasteiger partial charge in [-0.25, -0.2) is 4.72 Å². The van der Waals surface area contributed by atoms with E-state index in [9.17, 15) is 13.2 Å². The number of carboxylic acids is 1. The molecule has 1 heterocycles. The molecule has 2 aliphatic rings. The van der Waals surface area contributed by atoms with Crippen LogP contribution in [-0.4, -0.2) is 47.5 Å². The summed E-state index contributed by atoms with van der Waals surface area (Å²) in [6.45, 7) is 1.95. The number of rotatable bonds is 5. The van der Waals surface area contributed by atoms with E-state index in [4.69, 9.17) is 5.11 Å². The van der Waals surface area contributed by atoms with E-state index >= 15 is 0 Å². The summed E-state index contributed by atoms with van der Waals surface area (Å²) < 4.78 is 27.6. The smallest absolute Gasteiger partial charge is 0.322 e. The van der Waals surface area contributed by atoms with Crippen molar-refractivity contribution in [1.82, 2.24) is 9.03 Å². The Morgan fingerprint density at radius 2 is 2.18 bits per heavy atom. The minimum absolute atomic E-state index is 0.208. The lowest BCUT2D eigenvalue weighted by Gasteiger charge is -2.26.